The second kappa shape index (κ2) is 5.81. The van der Waals surface area contributed by atoms with Crippen molar-refractivity contribution in [1.29, 1.82) is 0 Å². The first-order valence-electron chi connectivity index (χ1n) is 2.08. The van der Waals surface area contributed by atoms with E-state index in [1.165, 1.54) is 0 Å². The normalized spacial score (nSPS) is 7.22. The fraction of sp³-hybridized carbons (Fsp3) is 0.500. The quantitative estimate of drug-likeness (QED) is 0.365. The van der Waals surface area contributed by atoms with Gasteiger partial charge in [-0.05, 0) is 6.92 Å². The molecule has 0 aromatic rings. The summed E-state index contributed by atoms with van der Waals surface area (Å²) >= 11 is 0. The summed E-state index contributed by atoms with van der Waals surface area (Å²) in [7, 11) is 0. The molecule has 0 aliphatic rings. The molecule has 0 heterocycles. The zero-order valence-electron chi connectivity index (χ0n) is 4.83. The third-order valence-electron chi connectivity index (χ3n) is 0.450. The second-order valence-electron chi connectivity index (χ2n) is 1.03. The Morgan fingerprint density at radius 2 is 2.00 bits per heavy atom. The molecule has 5 heteroatoms. The van der Waals surface area contributed by atoms with E-state index in [2.05, 4.69) is 4.74 Å². The van der Waals surface area contributed by atoms with E-state index in [1.54, 1.807) is 6.92 Å². The average Bonchev–Trinajstić information content (AvgIpc) is 1.67. The summed E-state index contributed by atoms with van der Waals surface area (Å²) < 4.78 is 4.06. The predicted octanol–water partition coefficient (Wildman–Crippen LogP) is -0.368. The van der Waals surface area contributed by atoms with Crippen LogP contribution >= 0.6 is 0 Å². The Morgan fingerprint density at radius 1 is 1.56 bits per heavy atom. The van der Waals surface area contributed by atoms with Gasteiger partial charge in [0, 0.05) is 22.4 Å². The van der Waals surface area contributed by atoms with E-state index in [0.717, 1.165) is 0 Å². The van der Waals surface area contributed by atoms with Crippen LogP contribution in [0.3, 0.4) is 0 Å². The molecule has 0 bridgehead atoms. The van der Waals surface area contributed by atoms with Crippen LogP contribution in [0.25, 0.3) is 0 Å². The van der Waals surface area contributed by atoms with Gasteiger partial charge in [-0.25, -0.2) is 9.59 Å². The molecule has 0 aromatic heterocycles. The summed E-state index contributed by atoms with van der Waals surface area (Å²) in [6, 6.07) is 0. The second-order valence-corrected chi connectivity index (χ2v) is 1.03. The molecule has 0 fully saturated rings. The molecule has 0 aliphatic carbocycles. The van der Waals surface area contributed by atoms with E-state index < -0.39 is 11.9 Å². The van der Waals surface area contributed by atoms with Crippen LogP contribution in [0.1, 0.15) is 6.92 Å². The predicted molar refractivity (Wildman–Crippen MR) is 24.3 cm³/mol. The standard InChI is InChI=1S/C4H6O4.Nb/c1-2-8-4(7)3(5)6;/h2H2,1H3,(H,5,6);. The van der Waals surface area contributed by atoms with E-state index >= 15 is 0 Å². The number of carbonyl (C=O) groups excluding carboxylic acids is 1. The van der Waals surface area contributed by atoms with Crippen molar-refractivity contribution in [1.82, 2.24) is 0 Å². The molecule has 0 spiro atoms. The molecule has 1 N–H and O–H groups in total. The van der Waals surface area contributed by atoms with Gasteiger partial charge in [0.1, 0.15) is 0 Å². The number of hydrogen-bond donors (Lipinski definition) is 1. The van der Waals surface area contributed by atoms with Gasteiger partial charge in [0.2, 0.25) is 0 Å². The molecule has 0 unspecified atom stereocenters. The number of carboxylic acid groups (broad SMARTS) is 1. The summed E-state index contributed by atoms with van der Waals surface area (Å²) in [5.41, 5.74) is 0. The molecule has 51 valence electrons. The third kappa shape index (κ3) is 5.55. The SMILES string of the molecule is CCOC(=O)C(=O)O.[Nb]. The average molecular weight is 211 g/mol. The molecule has 1 radical (unpaired) electrons. The molecule has 9 heavy (non-hydrogen) atoms. The summed E-state index contributed by atoms with van der Waals surface area (Å²) in [4.78, 5) is 19.5. The van der Waals surface area contributed by atoms with E-state index in [-0.39, 0.29) is 29.0 Å². The topological polar surface area (TPSA) is 63.6 Å². The Hall–Kier alpha value is -0.320. The van der Waals surface area contributed by atoms with Crippen LogP contribution in [0.4, 0.5) is 0 Å². The molecule has 4 nitrogen and oxygen atoms in total. The number of esters is 1. The molecule has 0 amide bonds. The maximum absolute atomic E-state index is 9.92. The summed E-state index contributed by atoms with van der Waals surface area (Å²) in [6.45, 7) is 1.64. The van der Waals surface area contributed by atoms with Crippen molar-refractivity contribution in [3.05, 3.63) is 0 Å². The molecule has 0 aliphatic heterocycles. The van der Waals surface area contributed by atoms with Crippen LogP contribution in [-0.4, -0.2) is 23.7 Å². The first-order chi connectivity index (χ1) is 3.68. The number of aliphatic carboxylic acids is 1. The smallest absolute Gasteiger partial charge is 0.417 e. The van der Waals surface area contributed by atoms with Crippen molar-refractivity contribution in [2.75, 3.05) is 6.61 Å². The number of rotatable bonds is 1. The van der Waals surface area contributed by atoms with Crippen LogP contribution in [0, 0.1) is 0 Å². The number of hydrogen-bond acceptors (Lipinski definition) is 3. The largest absolute Gasteiger partial charge is 0.473 e. The van der Waals surface area contributed by atoms with Crippen molar-refractivity contribution < 1.29 is 41.8 Å². The first-order valence-corrected chi connectivity index (χ1v) is 2.08. The van der Waals surface area contributed by atoms with Crippen molar-refractivity contribution in [3.63, 3.8) is 0 Å². The maximum Gasteiger partial charge on any atom is 0.417 e. The minimum atomic E-state index is -1.55. The zero-order valence-corrected chi connectivity index (χ0v) is 7.02. The Morgan fingerprint density at radius 3 is 2.11 bits per heavy atom. The van der Waals surface area contributed by atoms with E-state index in [0.29, 0.717) is 0 Å². The molecular weight excluding hydrogens is 205 g/mol. The van der Waals surface area contributed by atoms with Gasteiger partial charge in [-0.15, -0.1) is 0 Å². The number of carbonyl (C=O) groups is 2. The van der Waals surface area contributed by atoms with Crippen molar-refractivity contribution in [2.45, 2.75) is 6.92 Å². The van der Waals surface area contributed by atoms with Gasteiger partial charge in [-0.3, -0.25) is 0 Å². The Bertz CT molecular complexity index is 111. The van der Waals surface area contributed by atoms with Gasteiger partial charge in [0.05, 0.1) is 6.61 Å². The summed E-state index contributed by atoms with van der Waals surface area (Å²) in [5.74, 6) is -2.75. The van der Waals surface area contributed by atoms with Crippen molar-refractivity contribution >= 4 is 11.9 Å². The van der Waals surface area contributed by atoms with Gasteiger partial charge in [-0.2, -0.15) is 0 Å². The van der Waals surface area contributed by atoms with Crippen LogP contribution in [0.5, 0.6) is 0 Å². The Balaban J connectivity index is 0. The minimum absolute atomic E-state index is 0. The van der Waals surface area contributed by atoms with Gasteiger partial charge in [0.25, 0.3) is 0 Å². The molecule has 0 saturated carbocycles. The van der Waals surface area contributed by atoms with E-state index in [9.17, 15) is 9.59 Å². The van der Waals surface area contributed by atoms with Crippen LogP contribution in [0.15, 0.2) is 0 Å². The van der Waals surface area contributed by atoms with Crippen molar-refractivity contribution in [2.24, 2.45) is 0 Å². The maximum atomic E-state index is 9.92. The Kier molecular flexibility index (Phi) is 7.41. The third-order valence-corrected chi connectivity index (χ3v) is 0.450. The van der Waals surface area contributed by atoms with Crippen molar-refractivity contribution in [3.8, 4) is 0 Å². The van der Waals surface area contributed by atoms with Crippen LogP contribution < -0.4 is 0 Å². The molecule has 0 aromatic carbocycles. The fourth-order valence-electron chi connectivity index (χ4n) is 0.193. The summed E-state index contributed by atoms with van der Waals surface area (Å²) in [6.07, 6.45) is 0. The zero-order chi connectivity index (χ0) is 6.57. The van der Waals surface area contributed by atoms with Crippen LogP contribution in [-0.2, 0) is 36.7 Å². The number of carboxylic acids is 1. The van der Waals surface area contributed by atoms with Gasteiger partial charge in [-0.1, -0.05) is 0 Å². The molecule has 0 saturated heterocycles. The molecule has 0 rings (SSSR count). The first kappa shape index (κ1) is 11.5. The van der Waals surface area contributed by atoms with Crippen LogP contribution in [0.2, 0.25) is 0 Å². The van der Waals surface area contributed by atoms with Gasteiger partial charge >= 0.3 is 11.9 Å². The fourth-order valence-corrected chi connectivity index (χ4v) is 0.193. The van der Waals surface area contributed by atoms with E-state index in [1.807, 2.05) is 0 Å². The Labute approximate surface area is 67.7 Å². The van der Waals surface area contributed by atoms with Gasteiger partial charge < -0.3 is 9.84 Å². The molecular formula is C4H6NbO4. The number of ether oxygens (including phenoxy) is 1. The summed E-state index contributed by atoms with van der Waals surface area (Å²) in [5, 5.41) is 7.84. The van der Waals surface area contributed by atoms with E-state index in [4.69, 9.17) is 5.11 Å². The monoisotopic (exact) mass is 211 g/mol. The van der Waals surface area contributed by atoms with Gasteiger partial charge in [0.15, 0.2) is 0 Å². The molecule has 0 atom stereocenters. The minimum Gasteiger partial charge on any atom is -0.473 e.